The zero-order valence-electron chi connectivity index (χ0n) is 13.9. The summed E-state index contributed by atoms with van der Waals surface area (Å²) in [6, 6.07) is 4.29. The Morgan fingerprint density at radius 3 is 2.96 bits per heavy atom. The van der Waals surface area contributed by atoms with E-state index in [2.05, 4.69) is 24.0 Å². The zero-order chi connectivity index (χ0) is 16.4. The smallest absolute Gasteiger partial charge is 0.224 e. The number of nitrogens with zero attached hydrogens (tertiary/aromatic N) is 2. The molecule has 1 aromatic carbocycles. The fourth-order valence-corrected chi connectivity index (χ4v) is 3.28. The lowest BCUT2D eigenvalue weighted by atomic mass is 9.92. The van der Waals surface area contributed by atoms with Gasteiger partial charge in [-0.1, -0.05) is 6.92 Å². The fourth-order valence-electron chi connectivity index (χ4n) is 3.28. The van der Waals surface area contributed by atoms with Gasteiger partial charge >= 0.3 is 0 Å². The predicted molar refractivity (Wildman–Crippen MR) is 90.8 cm³/mol. The van der Waals surface area contributed by atoms with Gasteiger partial charge in [-0.3, -0.25) is 9.89 Å². The number of anilines is 1. The van der Waals surface area contributed by atoms with Gasteiger partial charge in [-0.05, 0) is 38.3 Å². The second kappa shape index (κ2) is 6.44. The minimum Gasteiger partial charge on any atom is -0.493 e. The van der Waals surface area contributed by atoms with Gasteiger partial charge in [0.15, 0.2) is 0 Å². The van der Waals surface area contributed by atoms with E-state index in [0.717, 1.165) is 47.4 Å². The van der Waals surface area contributed by atoms with E-state index in [1.807, 2.05) is 23.2 Å². The van der Waals surface area contributed by atoms with Gasteiger partial charge in [0.05, 0.1) is 18.5 Å². The molecule has 5 heteroatoms. The molecule has 1 amide bonds. The molecule has 0 saturated heterocycles. The van der Waals surface area contributed by atoms with E-state index in [-0.39, 0.29) is 11.9 Å². The molecule has 0 radical (unpaired) electrons. The molecule has 1 N–H and O–H groups in total. The van der Waals surface area contributed by atoms with Crippen molar-refractivity contribution < 1.29 is 9.53 Å². The highest BCUT2D eigenvalue weighted by atomic mass is 16.5. The summed E-state index contributed by atoms with van der Waals surface area (Å²) in [6.07, 6.45) is 6.49. The normalized spacial score (nSPS) is 17.0. The topological polar surface area (TPSA) is 58.2 Å². The first-order valence-electron chi connectivity index (χ1n) is 8.21. The van der Waals surface area contributed by atoms with Crippen LogP contribution in [-0.2, 0) is 11.2 Å². The molecule has 23 heavy (non-hydrogen) atoms. The summed E-state index contributed by atoms with van der Waals surface area (Å²) < 4.78 is 6.09. The number of aromatic nitrogens is 2. The zero-order valence-corrected chi connectivity index (χ0v) is 13.9. The van der Waals surface area contributed by atoms with Crippen molar-refractivity contribution in [2.45, 2.75) is 46.1 Å². The maximum atomic E-state index is 12.1. The molecule has 0 fully saturated rings. The lowest BCUT2D eigenvalue weighted by Crippen LogP contribution is -2.40. The number of H-pyrrole nitrogens is 1. The number of benzene rings is 1. The molecular formula is C18H23N3O2. The fraction of sp³-hybridized carbons (Fsp3) is 0.444. The van der Waals surface area contributed by atoms with E-state index in [4.69, 9.17) is 4.74 Å². The largest absolute Gasteiger partial charge is 0.493 e. The van der Waals surface area contributed by atoms with Crippen molar-refractivity contribution >= 4 is 11.6 Å². The molecule has 3 rings (SSSR count). The van der Waals surface area contributed by atoms with Crippen molar-refractivity contribution in [3.8, 4) is 16.9 Å². The summed E-state index contributed by atoms with van der Waals surface area (Å²) in [5.74, 6) is 0.972. The molecule has 5 nitrogen and oxygen atoms in total. The molecule has 0 saturated carbocycles. The Bertz CT molecular complexity index is 695. The standard InChI is InChI=1S/C18H23N3O2/c1-4-9-23-18-15(14-10-19-20-11-14)7-8-17-16(18)6-5-12(2)21(17)13(3)22/h7-8,10-12H,4-6,9H2,1-3H3,(H,19,20)/t12-/m0/s1. The average Bonchev–Trinajstić information content (AvgIpc) is 3.05. The minimum atomic E-state index is 0.0796. The first-order chi connectivity index (χ1) is 11.1. The van der Waals surface area contributed by atoms with E-state index in [0.29, 0.717) is 6.61 Å². The number of hydrogen-bond acceptors (Lipinski definition) is 3. The van der Waals surface area contributed by atoms with Crippen molar-refractivity contribution in [3.05, 3.63) is 30.1 Å². The third kappa shape index (κ3) is 2.83. The molecule has 1 aromatic heterocycles. The number of rotatable bonds is 4. The molecule has 2 aromatic rings. The Morgan fingerprint density at radius 2 is 2.30 bits per heavy atom. The summed E-state index contributed by atoms with van der Waals surface area (Å²) in [4.78, 5) is 14.0. The molecule has 1 aliphatic heterocycles. The first kappa shape index (κ1) is 15.6. The number of carbonyl (C=O) groups is 1. The Balaban J connectivity index is 2.14. The molecule has 0 aliphatic carbocycles. The van der Waals surface area contributed by atoms with E-state index < -0.39 is 0 Å². The maximum absolute atomic E-state index is 12.1. The first-order valence-corrected chi connectivity index (χ1v) is 8.21. The average molecular weight is 313 g/mol. The molecule has 122 valence electrons. The predicted octanol–water partition coefficient (Wildman–Crippen LogP) is 3.55. The van der Waals surface area contributed by atoms with E-state index in [1.165, 1.54) is 0 Å². The molecule has 0 bridgehead atoms. The molecular weight excluding hydrogens is 290 g/mol. The molecule has 0 unspecified atom stereocenters. The highest BCUT2D eigenvalue weighted by Gasteiger charge is 2.29. The summed E-state index contributed by atoms with van der Waals surface area (Å²) in [5, 5.41) is 6.90. The van der Waals surface area contributed by atoms with Crippen LogP contribution in [0.4, 0.5) is 5.69 Å². The van der Waals surface area contributed by atoms with Crippen molar-refractivity contribution in [2.75, 3.05) is 11.5 Å². The Hall–Kier alpha value is -2.30. The summed E-state index contributed by atoms with van der Waals surface area (Å²) in [5.41, 5.74) is 4.15. The SMILES string of the molecule is CCCOc1c(-c2cn[nH]c2)ccc2c1CC[C@H](C)N2C(C)=O. The van der Waals surface area contributed by atoms with E-state index >= 15 is 0 Å². The Kier molecular flexibility index (Phi) is 4.37. The van der Waals surface area contributed by atoms with Crippen LogP contribution in [0.2, 0.25) is 0 Å². The van der Waals surface area contributed by atoms with Crippen LogP contribution in [0, 0.1) is 0 Å². The molecule has 1 aliphatic rings. The molecule has 0 spiro atoms. The molecule has 2 heterocycles. The number of hydrogen-bond donors (Lipinski definition) is 1. The van der Waals surface area contributed by atoms with Crippen LogP contribution in [0.15, 0.2) is 24.5 Å². The van der Waals surface area contributed by atoms with Gasteiger partial charge in [-0.15, -0.1) is 0 Å². The number of ether oxygens (including phenoxy) is 1. The highest BCUT2D eigenvalue weighted by Crippen LogP contribution is 2.42. The summed E-state index contributed by atoms with van der Waals surface area (Å²) >= 11 is 0. The van der Waals surface area contributed by atoms with Crippen LogP contribution in [0.1, 0.15) is 39.2 Å². The monoisotopic (exact) mass is 313 g/mol. The summed E-state index contributed by atoms with van der Waals surface area (Å²) in [7, 11) is 0. The number of carbonyl (C=O) groups excluding carboxylic acids is 1. The Morgan fingerprint density at radius 1 is 1.48 bits per heavy atom. The van der Waals surface area contributed by atoms with Crippen molar-refractivity contribution in [1.29, 1.82) is 0 Å². The van der Waals surface area contributed by atoms with E-state index in [1.54, 1.807) is 13.1 Å². The number of aromatic amines is 1. The van der Waals surface area contributed by atoms with Crippen molar-refractivity contribution in [1.82, 2.24) is 10.2 Å². The second-order valence-corrected chi connectivity index (χ2v) is 6.05. The third-order valence-corrected chi connectivity index (χ3v) is 4.35. The highest BCUT2D eigenvalue weighted by molar-refractivity contribution is 5.95. The van der Waals surface area contributed by atoms with Crippen LogP contribution in [0.25, 0.3) is 11.1 Å². The maximum Gasteiger partial charge on any atom is 0.224 e. The van der Waals surface area contributed by atoms with Gasteiger partial charge in [0.1, 0.15) is 5.75 Å². The van der Waals surface area contributed by atoms with Gasteiger partial charge in [0.25, 0.3) is 0 Å². The van der Waals surface area contributed by atoms with Gasteiger partial charge in [-0.2, -0.15) is 5.10 Å². The van der Waals surface area contributed by atoms with E-state index in [9.17, 15) is 4.79 Å². The van der Waals surface area contributed by atoms with Crippen molar-refractivity contribution in [2.24, 2.45) is 0 Å². The van der Waals surface area contributed by atoms with Crippen LogP contribution in [0.5, 0.6) is 5.75 Å². The molecule has 1 atom stereocenters. The van der Waals surface area contributed by atoms with Crippen LogP contribution in [0.3, 0.4) is 0 Å². The lowest BCUT2D eigenvalue weighted by molar-refractivity contribution is -0.117. The minimum absolute atomic E-state index is 0.0796. The van der Waals surface area contributed by atoms with Crippen LogP contribution < -0.4 is 9.64 Å². The Labute approximate surface area is 136 Å². The van der Waals surface area contributed by atoms with Gasteiger partial charge in [-0.25, -0.2) is 0 Å². The van der Waals surface area contributed by atoms with Gasteiger partial charge < -0.3 is 9.64 Å². The number of amides is 1. The summed E-state index contributed by atoms with van der Waals surface area (Å²) in [6.45, 7) is 6.48. The van der Waals surface area contributed by atoms with Crippen LogP contribution >= 0.6 is 0 Å². The van der Waals surface area contributed by atoms with Crippen molar-refractivity contribution in [3.63, 3.8) is 0 Å². The third-order valence-electron chi connectivity index (χ3n) is 4.35. The number of fused-ring (bicyclic) bond motifs is 1. The second-order valence-electron chi connectivity index (χ2n) is 6.05. The lowest BCUT2D eigenvalue weighted by Gasteiger charge is -2.36. The number of nitrogens with one attached hydrogen (secondary N) is 1. The quantitative estimate of drug-likeness (QED) is 0.939. The van der Waals surface area contributed by atoms with Gasteiger partial charge in [0, 0.05) is 35.9 Å². The van der Waals surface area contributed by atoms with Gasteiger partial charge in [0.2, 0.25) is 5.91 Å². The van der Waals surface area contributed by atoms with Crippen LogP contribution in [-0.4, -0.2) is 28.8 Å².